The highest BCUT2D eigenvalue weighted by Gasteiger charge is 2.68. The smallest absolute Gasteiger partial charge is 0.312 e. The van der Waals surface area contributed by atoms with Crippen molar-refractivity contribution in [3.8, 4) is 0 Å². The number of carboxylic acids is 1. The fourth-order valence-corrected chi connectivity index (χ4v) is 6.94. The Morgan fingerprint density at radius 1 is 1.03 bits per heavy atom. The summed E-state index contributed by atoms with van der Waals surface area (Å²) in [5, 5.41) is 23.8. The van der Waals surface area contributed by atoms with Crippen LogP contribution in [0.25, 0.3) is 0 Å². The number of aliphatic carboxylic acids is 1. The lowest BCUT2D eigenvalue weighted by molar-refractivity contribution is -0.172. The maximum atomic E-state index is 13.3. The van der Waals surface area contributed by atoms with Crippen LogP contribution in [-0.2, 0) is 16.9 Å². The fourth-order valence-electron chi connectivity index (χ4n) is 6.75. The summed E-state index contributed by atoms with van der Waals surface area (Å²) >= 11 is 6.33. The Balaban J connectivity index is 1.66. The van der Waals surface area contributed by atoms with Gasteiger partial charge in [0.2, 0.25) is 0 Å². The highest BCUT2D eigenvalue weighted by molar-refractivity contribution is 6.30. The molecule has 5 unspecified atom stereocenters. The summed E-state index contributed by atoms with van der Waals surface area (Å²) in [6, 6.07) is 27.2. The molecule has 1 saturated carbocycles. The maximum Gasteiger partial charge on any atom is 0.312 e. The number of hydrogen-bond donors (Lipinski definition) is 2. The number of likely N-dealkylation sites (tertiary alicyclic amines) is 1. The van der Waals surface area contributed by atoms with Crippen LogP contribution in [0.15, 0.2) is 84.9 Å². The highest BCUT2D eigenvalue weighted by Crippen LogP contribution is 2.63. The third kappa shape index (κ3) is 3.65. The number of halogens is 1. The van der Waals surface area contributed by atoms with E-state index in [0.717, 1.165) is 11.1 Å². The first kappa shape index (κ1) is 23.1. The van der Waals surface area contributed by atoms with Gasteiger partial charge in [-0.3, -0.25) is 9.69 Å². The maximum absolute atomic E-state index is 13.3. The molecule has 5 rings (SSSR count). The largest absolute Gasteiger partial charge is 0.481 e. The number of carboxylic acid groups (broad SMARTS) is 1. The van der Waals surface area contributed by atoms with Crippen molar-refractivity contribution < 1.29 is 15.0 Å². The Kier molecular flexibility index (Phi) is 6.01. The molecule has 1 aliphatic carbocycles. The minimum atomic E-state index is -1.29. The van der Waals surface area contributed by atoms with Crippen molar-refractivity contribution >= 4 is 17.6 Å². The second kappa shape index (κ2) is 8.84. The molecule has 2 aliphatic rings. The van der Waals surface area contributed by atoms with E-state index in [1.165, 1.54) is 0 Å². The molecule has 1 heterocycles. The van der Waals surface area contributed by atoms with Gasteiger partial charge >= 0.3 is 5.97 Å². The first-order chi connectivity index (χ1) is 16.4. The van der Waals surface area contributed by atoms with Crippen molar-refractivity contribution in [3.63, 3.8) is 0 Å². The van der Waals surface area contributed by atoms with Crippen LogP contribution in [0.5, 0.6) is 0 Å². The van der Waals surface area contributed by atoms with Gasteiger partial charge in [0.25, 0.3) is 0 Å². The molecule has 3 aromatic rings. The topological polar surface area (TPSA) is 60.8 Å². The highest BCUT2D eigenvalue weighted by atomic mass is 35.5. The molecule has 34 heavy (non-hydrogen) atoms. The van der Waals surface area contributed by atoms with Crippen molar-refractivity contribution in [2.45, 2.75) is 43.9 Å². The molecule has 1 saturated heterocycles. The summed E-state index contributed by atoms with van der Waals surface area (Å²) in [5.74, 6) is -1.54. The Morgan fingerprint density at radius 2 is 1.71 bits per heavy atom. The summed E-state index contributed by atoms with van der Waals surface area (Å²) in [7, 11) is 0. The second-order valence-corrected chi connectivity index (χ2v) is 10.3. The zero-order chi connectivity index (χ0) is 23.9. The average molecular weight is 476 g/mol. The molecule has 3 aromatic carbocycles. The van der Waals surface area contributed by atoms with Gasteiger partial charge in [0.05, 0.1) is 11.0 Å². The van der Waals surface area contributed by atoms with Crippen molar-refractivity contribution in [2.75, 3.05) is 6.54 Å². The van der Waals surface area contributed by atoms with Gasteiger partial charge in [0, 0.05) is 36.0 Å². The fraction of sp³-hybridized carbons (Fsp3) is 0.345. The SMILES string of the molecule is CC1C2C(O)(c3cccc(Cl)c3)CCC(c3ccccc3)C2(C(=O)O)CN1Cc1ccccc1. The molecule has 5 heteroatoms. The van der Waals surface area contributed by atoms with E-state index < -0.39 is 22.9 Å². The monoisotopic (exact) mass is 475 g/mol. The molecule has 0 spiro atoms. The van der Waals surface area contributed by atoms with Gasteiger partial charge in [-0.2, -0.15) is 0 Å². The zero-order valence-corrected chi connectivity index (χ0v) is 20.0. The molecule has 0 radical (unpaired) electrons. The van der Waals surface area contributed by atoms with Crippen molar-refractivity contribution in [1.82, 2.24) is 4.90 Å². The molecule has 0 bridgehead atoms. The van der Waals surface area contributed by atoms with E-state index in [9.17, 15) is 15.0 Å². The van der Waals surface area contributed by atoms with Gasteiger partial charge < -0.3 is 10.2 Å². The molecule has 2 N–H and O–H groups in total. The molecule has 0 aromatic heterocycles. The molecule has 2 fully saturated rings. The van der Waals surface area contributed by atoms with E-state index in [4.69, 9.17) is 11.6 Å². The predicted octanol–water partition coefficient (Wildman–Crippen LogP) is 5.70. The number of carbonyl (C=O) groups is 1. The quantitative estimate of drug-likeness (QED) is 0.497. The zero-order valence-electron chi connectivity index (χ0n) is 19.3. The Labute approximate surface area is 205 Å². The molecule has 1 aliphatic heterocycles. The van der Waals surface area contributed by atoms with E-state index >= 15 is 0 Å². The summed E-state index contributed by atoms with van der Waals surface area (Å²) in [6.07, 6.45) is 1.07. The van der Waals surface area contributed by atoms with Crippen LogP contribution in [0, 0.1) is 11.3 Å². The Hall–Kier alpha value is -2.66. The third-order valence-electron chi connectivity index (χ3n) is 8.18. The van der Waals surface area contributed by atoms with Crippen LogP contribution >= 0.6 is 11.6 Å². The summed E-state index contributed by atoms with van der Waals surface area (Å²) in [4.78, 5) is 15.5. The lowest BCUT2D eigenvalue weighted by Gasteiger charge is -2.52. The minimum absolute atomic E-state index is 0.146. The number of nitrogens with zero attached hydrogens (tertiary/aromatic N) is 1. The van der Waals surface area contributed by atoms with Crippen LogP contribution in [0.3, 0.4) is 0 Å². The van der Waals surface area contributed by atoms with Crippen LogP contribution in [-0.4, -0.2) is 33.7 Å². The standard InChI is InChI=1S/C29H30ClNO3/c1-20-26-28(27(32)33,19-31(20)18-21-9-4-2-5-10-21)25(22-11-6-3-7-12-22)15-16-29(26,34)23-13-8-14-24(30)17-23/h2-14,17,20,25-26,34H,15-16,18-19H2,1H3,(H,32,33). The van der Waals surface area contributed by atoms with Crippen molar-refractivity contribution in [2.24, 2.45) is 11.3 Å². The lowest BCUT2D eigenvalue weighted by atomic mass is 9.52. The van der Waals surface area contributed by atoms with Crippen molar-refractivity contribution in [1.29, 1.82) is 0 Å². The van der Waals surface area contributed by atoms with Crippen LogP contribution < -0.4 is 0 Å². The van der Waals surface area contributed by atoms with E-state index in [1.807, 2.05) is 60.7 Å². The molecular weight excluding hydrogens is 446 g/mol. The molecule has 0 amide bonds. The van der Waals surface area contributed by atoms with Gasteiger partial charge in [-0.15, -0.1) is 0 Å². The number of fused-ring (bicyclic) bond motifs is 1. The number of aliphatic hydroxyl groups is 1. The van der Waals surface area contributed by atoms with Crippen LogP contribution in [0.4, 0.5) is 0 Å². The van der Waals surface area contributed by atoms with Gasteiger partial charge in [-0.05, 0) is 48.6 Å². The molecule has 4 nitrogen and oxygen atoms in total. The van der Waals surface area contributed by atoms with Gasteiger partial charge in [-0.1, -0.05) is 84.4 Å². The first-order valence-electron chi connectivity index (χ1n) is 11.9. The molecule has 5 atom stereocenters. The number of benzene rings is 3. The van der Waals surface area contributed by atoms with Crippen LogP contribution in [0.1, 0.15) is 42.4 Å². The number of rotatable bonds is 5. The van der Waals surface area contributed by atoms with E-state index in [0.29, 0.717) is 36.5 Å². The summed E-state index contributed by atoms with van der Waals surface area (Å²) < 4.78 is 0. The Bertz CT molecular complexity index is 1170. The first-order valence-corrected chi connectivity index (χ1v) is 12.3. The van der Waals surface area contributed by atoms with E-state index in [1.54, 1.807) is 12.1 Å². The summed E-state index contributed by atoms with van der Waals surface area (Å²) in [6.45, 7) is 3.09. The van der Waals surface area contributed by atoms with Gasteiger partial charge in [-0.25, -0.2) is 0 Å². The number of hydrogen-bond acceptors (Lipinski definition) is 3. The normalized spacial score (nSPS) is 31.2. The van der Waals surface area contributed by atoms with Gasteiger partial charge in [0.15, 0.2) is 0 Å². The third-order valence-corrected chi connectivity index (χ3v) is 8.42. The van der Waals surface area contributed by atoms with E-state index in [2.05, 4.69) is 24.0 Å². The van der Waals surface area contributed by atoms with Gasteiger partial charge in [0.1, 0.15) is 0 Å². The lowest BCUT2D eigenvalue weighted by Crippen LogP contribution is -2.57. The summed E-state index contributed by atoms with van der Waals surface area (Å²) in [5.41, 5.74) is 0.438. The molecular formula is C29H30ClNO3. The van der Waals surface area contributed by atoms with Crippen molar-refractivity contribution in [3.05, 3.63) is 107 Å². The minimum Gasteiger partial charge on any atom is -0.481 e. The average Bonchev–Trinajstić information content (AvgIpc) is 3.15. The second-order valence-electron chi connectivity index (χ2n) is 9.89. The van der Waals surface area contributed by atoms with Crippen LogP contribution in [0.2, 0.25) is 5.02 Å². The Morgan fingerprint density at radius 3 is 2.35 bits per heavy atom. The molecule has 176 valence electrons. The predicted molar refractivity (Wildman–Crippen MR) is 134 cm³/mol. The van der Waals surface area contributed by atoms with E-state index in [-0.39, 0.29) is 12.0 Å².